The van der Waals surface area contributed by atoms with Crippen molar-refractivity contribution in [2.75, 3.05) is 13.7 Å². The van der Waals surface area contributed by atoms with Gasteiger partial charge in [0.1, 0.15) is 6.61 Å². The Morgan fingerprint density at radius 2 is 2.24 bits per heavy atom. The Balaban J connectivity index is 1.94. The van der Waals surface area contributed by atoms with E-state index in [4.69, 9.17) is 18.6 Å². The quantitative estimate of drug-likeness (QED) is 0.414. The monoisotopic (exact) mass is 403 g/mol. The summed E-state index contributed by atoms with van der Waals surface area (Å²) in [6, 6.07) is 6.89. The van der Waals surface area contributed by atoms with Crippen LogP contribution in [0, 0.1) is 0 Å². The van der Waals surface area contributed by atoms with Crippen LogP contribution < -0.4 is 9.47 Å². The molecule has 0 saturated heterocycles. The molecule has 25 heavy (non-hydrogen) atoms. The summed E-state index contributed by atoms with van der Waals surface area (Å²) in [7, 11) is 1.54. The molecule has 0 N–H and O–H groups in total. The number of esters is 1. The third-order valence-electron chi connectivity index (χ3n) is 3.25. The Labute approximate surface area is 152 Å². The number of benzene rings is 1. The van der Waals surface area contributed by atoms with Crippen LogP contribution in [0.1, 0.15) is 11.3 Å². The van der Waals surface area contributed by atoms with Gasteiger partial charge in [0.05, 0.1) is 17.8 Å². The number of ether oxygens (including phenoxy) is 3. The van der Waals surface area contributed by atoms with Crippen molar-refractivity contribution >= 4 is 33.9 Å². The van der Waals surface area contributed by atoms with Crippen molar-refractivity contribution in [1.82, 2.24) is 0 Å². The number of carbonyl (C=O) groups excluding carboxylic acids is 1. The largest absolute Gasteiger partial charge is 0.493 e. The average Bonchev–Trinajstić information content (AvgIpc) is 3.24. The number of hydrogen-bond acceptors (Lipinski definition) is 6. The third kappa shape index (κ3) is 3.66. The van der Waals surface area contributed by atoms with Crippen LogP contribution in [0.3, 0.4) is 0 Å². The van der Waals surface area contributed by atoms with Crippen molar-refractivity contribution in [2.24, 2.45) is 4.99 Å². The number of rotatable bonds is 6. The van der Waals surface area contributed by atoms with Crippen molar-refractivity contribution in [2.45, 2.75) is 0 Å². The highest BCUT2D eigenvalue weighted by molar-refractivity contribution is 9.10. The summed E-state index contributed by atoms with van der Waals surface area (Å²) in [4.78, 5) is 16.2. The minimum absolute atomic E-state index is 0.137. The molecule has 0 unspecified atom stereocenters. The van der Waals surface area contributed by atoms with Gasteiger partial charge in [-0.25, -0.2) is 9.79 Å². The molecule has 0 aliphatic carbocycles. The van der Waals surface area contributed by atoms with E-state index in [2.05, 4.69) is 27.5 Å². The Kier molecular flexibility index (Phi) is 5.04. The van der Waals surface area contributed by atoms with E-state index in [1.54, 1.807) is 36.4 Å². The summed E-state index contributed by atoms with van der Waals surface area (Å²) in [5.41, 5.74) is 0.867. The lowest BCUT2D eigenvalue weighted by molar-refractivity contribution is -0.130. The molecular formula is C18H14BrNO5. The van der Waals surface area contributed by atoms with E-state index in [0.29, 0.717) is 33.9 Å². The van der Waals surface area contributed by atoms with E-state index in [1.165, 1.54) is 13.4 Å². The summed E-state index contributed by atoms with van der Waals surface area (Å²) < 4.78 is 21.9. The van der Waals surface area contributed by atoms with Gasteiger partial charge < -0.3 is 18.6 Å². The van der Waals surface area contributed by atoms with Gasteiger partial charge in [0, 0.05) is 0 Å². The first-order chi connectivity index (χ1) is 12.1. The van der Waals surface area contributed by atoms with Gasteiger partial charge >= 0.3 is 5.97 Å². The maximum atomic E-state index is 12.0. The normalized spacial score (nSPS) is 15.0. The van der Waals surface area contributed by atoms with Gasteiger partial charge in [0.2, 0.25) is 0 Å². The molecule has 1 aliphatic heterocycles. The van der Waals surface area contributed by atoms with Crippen LogP contribution in [0.2, 0.25) is 0 Å². The van der Waals surface area contributed by atoms with E-state index in [0.717, 1.165) is 0 Å². The fourth-order valence-electron chi connectivity index (χ4n) is 2.18. The molecule has 0 bridgehead atoms. The summed E-state index contributed by atoms with van der Waals surface area (Å²) in [5.74, 6) is 1.05. The van der Waals surface area contributed by atoms with Gasteiger partial charge in [-0.15, -0.1) is 0 Å². The topological polar surface area (TPSA) is 70.3 Å². The van der Waals surface area contributed by atoms with Gasteiger partial charge in [-0.2, -0.15) is 0 Å². The molecule has 2 heterocycles. The smallest absolute Gasteiger partial charge is 0.363 e. The molecule has 0 amide bonds. The van der Waals surface area contributed by atoms with E-state index >= 15 is 0 Å². The molecule has 2 aromatic rings. The SMILES string of the molecule is C=CCOc1c(Br)cc(/C=C2\N=C(c3ccco3)OC2=O)cc1OC. The van der Waals surface area contributed by atoms with E-state index in [9.17, 15) is 4.79 Å². The molecule has 0 radical (unpaired) electrons. The van der Waals surface area contributed by atoms with Gasteiger partial charge in [-0.1, -0.05) is 12.7 Å². The number of halogens is 1. The fraction of sp³-hybridized carbons (Fsp3) is 0.111. The number of hydrogen-bond donors (Lipinski definition) is 0. The second kappa shape index (κ2) is 7.40. The number of cyclic esters (lactones) is 1. The summed E-state index contributed by atoms with van der Waals surface area (Å²) in [6.45, 7) is 3.96. The predicted octanol–water partition coefficient (Wildman–Crippen LogP) is 3.96. The van der Waals surface area contributed by atoms with Crippen LogP contribution in [-0.2, 0) is 9.53 Å². The van der Waals surface area contributed by atoms with Gasteiger partial charge in [-0.3, -0.25) is 0 Å². The zero-order valence-corrected chi connectivity index (χ0v) is 14.9. The van der Waals surface area contributed by atoms with E-state index in [1.807, 2.05) is 0 Å². The van der Waals surface area contributed by atoms with Crippen LogP contribution in [0.25, 0.3) is 6.08 Å². The zero-order chi connectivity index (χ0) is 17.8. The van der Waals surface area contributed by atoms with Crippen LogP contribution in [0.5, 0.6) is 11.5 Å². The Hall–Kier alpha value is -2.80. The summed E-state index contributed by atoms with van der Waals surface area (Å²) >= 11 is 3.44. The molecule has 0 fully saturated rings. The van der Waals surface area contributed by atoms with Crippen molar-refractivity contribution in [3.05, 3.63) is 64.7 Å². The predicted molar refractivity (Wildman–Crippen MR) is 95.7 cm³/mol. The van der Waals surface area contributed by atoms with Crippen LogP contribution in [0.15, 0.2) is 62.8 Å². The Bertz CT molecular complexity index is 868. The molecule has 1 aliphatic rings. The molecule has 1 aromatic carbocycles. The molecule has 0 spiro atoms. The molecule has 7 heteroatoms. The lowest BCUT2D eigenvalue weighted by atomic mass is 10.1. The summed E-state index contributed by atoms with van der Waals surface area (Å²) in [6.07, 6.45) is 4.72. The standard InChI is InChI=1S/C18H14BrNO5/c1-3-6-24-16-12(19)8-11(10-15(16)22-2)9-13-18(21)25-17(20-13)14-5-4-7-23-14/h3-5,7-10H,1,6H2,2H3/b13-9-. The molecular weight excluding hydrogens is 390 g/mol. The van der Waals surface area contributed by atoms with Crippen molar-refractivity contribution < 1.29 is 23.4 Å². The van der Waals surface area contributed by atoms with Crippen LogP contribution >= 0.6 is 15.9 Å². The van der Waals surface area contributed by atoms with Crippen LogP contribution in [0.4, 0.5) is 0 Å². The fourth-order valence-corrected chi connectivity index (χ4v) is 2.75. The van der Waals surface area contributed by atoms with E-state index < -0.39 is 5.97 Å². The average molecular weight is 404 g/mol. The Morgan fingerprint density at radius 1 is 1.40 bits per heavy atom. The second-order valence-corrected chi connectivity index (χ2v) is 5.80. The van der Waals surface area contributed by atoms with Crippen molar-refractivity contribution in [1.29, 1.82) is 0 Å². The zero-order valence-electron chi connectivity index (χ0n) is 13.3. The number of methoxy groups -OCH3 is 1. The molecule has 0 atom stereocenters. The number of carbonyl (C=O) groups is 1. The highest BCUT2D eigenvalue weighted by Crippen LogP contribution is 2.37. The van der Waals surface area contributed by atoms with Gasteiger partial charge in [0.25, 0.3) is 5.90 Å². The van der Waals surface area contributed by atoms with Crippen LogP contribution in [-0.4, -0.2) is 25.6 Å². The first kappa shape index (κ1) is 17.0. The van der Waals surface area contributed by atoms with Crippen molar-refractivity contribution in [3.63, 3.8) is 0 Å². The molecule has 1 aromatic heterocycles. The second-order valence-electron chi connectivity index (χ2n) is 4.95. The molecule has 6 nitrogen and oxygen atoms in total. The first-order valence-electron chi connectivity index (χ1n) is 7.30. The number of nitrogens with zero attached hydrogens (tertiary/aromatic N) is 1. The van der Waals surface area contributed by atoms with E-state index in [-0.39, 0.29) is 11.6 Å². The molecule has 3 rings (SSSR count). The maximum Gasteiger partial charge on any atom is 0.363 e. The lowest BCUT2D eigenvalue weighted by Crippen LogP contribution is -2.04. The highest BCUT2D eigenvalue weighted by atomic mass is 79.9. The first-order valence-corrected chi connectivity index (χ1v) is 8.09. The third-order valence-corrected chi connectivity index (χ3v) is 3.84. The molecule has 128 valence electrons. The number of aliphatic imine (C=N–C) groups is 1. The number of furan rings is 1. The molecule has 0 saturated carbocycles. The lowest BCUT2D eigenvalue weighted by Gasteiger charge is -2.12. The van der Waals surface area contributed by atoms with Gasteiger partial charge in [-0.05, 0) is 51.8 Å². The van der Waals surface area contributed by atoms with Gasteiger partial charge in [0.15, 0.2) is 23.0 Å². The summed E-state index contributed by atoms with van der Waals surface area (Å²) in [5, 5.41) is 0. The minimum Gasteiger partial charge on any atom is -0.493 e. The van der Waals surface area contributed by atoms with Crippen molar-refractivity contribution in [3.8, 4) is 11.5 Å². The Morgan fingerprint density at radius 3 is 2.92 bits per heavy atom. The minimum atomic E-state index is -0.548. The maximum absolute atomic E-state index is 12.0. The highest BCUT2D eigenvalue weighted by Gasteiger charge is 2.26.